The maximum Gasteiger partial charge on any atom is 0.407 e. The Morgan fingerprint density at radius 3 is 2.48 bits per heavy atom. The molecule has 0 aliphatic carbocycles. The maximum absolute atomic E-state index is 13.1. The number of halogens is 1. The lowest BCUT2D eigenvalue weighted by atomic mass is 10.1. The molecule has 0 spiro atoms. The first-order valence-corrected chi connectivity index (χ1v) is 6.57. The zero-order chi connectivity index (χ0) is 16.0. The van der Waals surface area contributed by atoms with E-state index < -0.39 is 11.9 Å². The van der Waals surface area contributed by atoms with Crippen LogP contribution in [-0.4, -0.2) is 30.6 Å². The van der Waals surface area contributed by atoms with E-state index in [1.54, 1.807) is 0 Å². The van der Waals surface area contributed by atoms with Gasteiger partial charge in [0.25, 0.3) is 0 Å². The summed E-state index contributed by atoms with van der Waals surface area (Å²) in [5, 5.41) is 2.63. The number of ether oxygens (including phenoxy) is 2. The lowest BCUT2D eigenvalue weighted by Gasteiger charge is -2.20. The first kappa shape index (κ1) is 16.9. The van der Waals surface area contributed by atoms with Crippen LogP contribution < -0.4 is 10.1 Å². The molecule has 1 aromatic carbocycles. The molecule has 1 aromatic rings. The molecule has 1 N–H and O–H groups in total. The van der Waals surface area contributed by atoms with Gasteiger partial charge in [-0.3, -0.25) is 4.79 Å². The van der Waals surface area contributed by atoms with Crippen molar-refractivity contribution in [3.8, 4) is 5.75 Å². The molecular formula is C15H20FNO4. The Labute approximate surface area is 123 Å². The zero-order valence-electron chi connectivity index (χ0n) is 12.7. The first-order chi connectivity index (χ1) is 9.69. The summed E-state index contributed by atoms with van der Waals surface area (Å²) in [5.41, 5.74) is -0.217. The Kier molecular flexibility index (Phi) is 5.69. The molecule has 0 saturated heterocycles. The van der Waals surface area contributed by atoms with Crippen LogP contribution in [-0.2, 0) is 4.74 Å². The molecule has 1 amide bonds. The SMILES string of the molecule is CC(=O)c1cc(F)ccc1OCCOC(=O)NC(C)(C)C. The minimum Gasteiger partial charge on any atom is -0.489 e. The van der Waals surface area contributed by atoms with Crippen molar-refractivity contribution in [3.05, 3.63) is 29.6 Å². The van der Waals surface area contributed by atoms with Crippen LogP contribution in [0.25, 0.3) is 0 Å². The van der Waals surface area contributed by atoms with Gasteiger partial charge >= 0.3 is 6.09 Å². The number of hydrogen-bond acceptors (Lipinski definition) is 4. The molecule has 0 radical (unpaired) electrons. The predicted octanol–water partition coefficient (Wildman–Crippen LogP) is 2.93. The van der Waals surface area contributed by atoms with E-state index in [4.69, 9.17) is 9.47 Å². The van der Waals surface area contributed by atoms with Crippen LogP contribution in [0.2, 0.25) is 0 Å². The third-order valence-corrected chi connectivity index (χ3v) is 2.37. The summed E-state index contributed by atoms with van der Waals surface area (Å²) >= 11 is 0. The summed E-state index contributed by atoms with van der Waals surface area (Å²) in [5.74, 6) is -0.534. The Bertz CT molecular complexity index is 523. The molecule has 0 aliphatic rings. The fraction of sp³-hybridized carbons (Fsp3) is 0.467. The number of amides is 1. The largest absolute Gasteiger partial charge is 0.489 e. The number of carbonyl (C=O) groups is 2. The number of carbonyl (C=O) groups excluding carboxylic acids is 2. The van der Waals surface area contributed by atoms with Gasteiger partial charge in [0.15, 0.2) is 5.78 Å². The summed E-state index contributed by atoms with van der Waals surface area (Å²) in [6, 6.07) is 3.70. The quantitative estimate of drug-likeness (QED) is 0.670. The van der Waals surface area contributed by atoms with Gasteiger partial charge in [0.1, 0.15) is 24.8 Å². The highest BCUT2D eigenvalue weighted by Gasteiger charge is 2.14. The van der Waals surface area contributed by atoms with Crippen molar-refractivity contribution in [3.63, 3.8) is 0 Å². The molecule has 0 fully saturated rings. The van der Waals surface area contributed by atoms with Gasteiger partial charge in [0.2, 0.25) is 0 Å². The zero-order valence-corrected chi connectivity index (χ0v) is 12.7. The van der Waals surface area contributed by atoms with Crippen molar-refractivity contribution in [1.29, 1.82) is 0 Å². The van der Waals surface area contributed by atoms with Gasteiger partial charge in [-0.05, 0) is 45.9 Å². The van der Waals surface area contributed by atoms with E-state index in [1.807, 2.05) is 20.8 Å². The topological polar surface area (TPSA) is 64.6 Å². The number of nitrogens with one attached hydrogen (secondary N) is 1. The van der Waals surface area contributed by atoms with Crippen molar-refractivity contribution < 1.29 is 23.5 Å². The normalized spacial score (nSPS) is 10.9. The molecule has 0 aliphatic heterocycles. The predicted molar refractivity (Wildman–Crippen MR) is 76.1 cm³/mol. The lowest BCUT2D eigenvalue weighted by molar-refractivity contribution is 0.0999. The molecule has 0 bridgehead atoms. The second-order valence-electron chi connectivity index (χ2n) is 5.56. The number of hydrogen-bond donors (Lipinski definition) is 1. The van der Waals surface area contributed by atoms with Gasteiger partial charge in [0, 0.05) is 5.54 Å². The van der Waals surface area contributed by atoms with E-state index in [0.29, 0.717) is 0 Å². The van der Waals surface area contributed by atoms with Gasteiger partial charge in [-0.15, -0.1) is 0 Å². The molecule has 5 nitrogen and oxygen atoms in total. The van der Waals surface area contributed by atoms with Gasteiger partial charge in [-0.1, -0.05) is 0 Å². The van der Waals surface area contributed by atoms with Crippen molar-refractivity contribution in [2.24, 2.45) is 0 Å². The summed E-state index contributed by atoms with van der Waals surface area (Å²) in [4.78, 5) is 22.8. The van der Waals surface area contributed by atoms with Crippen molar-refractivity contribution in [2.45, 2.75) is 33.2 Å². The van der Waals surface area contributed by atoms with Crippen LogP contribution in [0.3, 0.4) is 0 Å². The summed E-state index contributed by atoms with van der Waals surface area (Å²) in [6.07, 6.45) is -0.544. The van der Waals surface area contributed by atoms with Crippen molar-refractivity contribution >= 4 is 11.9 Å². The summed E-state index contributed by atoms with van der Waals surface area (Å²) < 4.78 is 23.3. The Balaban J connectivity index is 2.47. The number of rotatable bonds is 5. The van der Waals surface area contributed by atoms with Crippen molar-refractivity contribution in [1.82, 2.24) is 5.32 Å². The smallest absolute Gasteiger partial charge is 0.407 e. The second-order valence-corrected chi connectivity index (χ2v) is 5.56. The molecule has 6 heteroatoms. The fourth-order valence-corrected chi connectivity index (χ4v) is 1.53. The van der Waals surface area contributed by atoms with E-state index in [-0.39, 0.29) is 35.8 Å². The average Bonchev–Trinajstić information content (AvgIpc) is 2.33. The minimum atomic E-state index is -0.544. The number of benzene rings is 1. The second kappa shape index (κ2) is 7.06. The molecule has 0 atom stereocenters. The van der Waals surface area contributed by atoms with E-state index >= 15 is 0 Å². The molecule has 0 aromatic heterocycles. The van der Waals surface area contributed by atoms with Gasteiger partial charge in [0.05, 0.1) is 5.56 Å². The van der Waals surface area contributed by atoms with E-state index in [2.05, 4.69) is 5.32 Å². The van der Waals surface area contributed by atoms with E-state index in [1.165, 1.54) is 19.1 Å². The van der Waals surface area contributed by atoms with E-state index in [0.717, 1.165) is 6.07 Å². The van der Waals surface area contributed by atoms with Crippen LogP contribution in [0, 0.1) is 5.82 Å². The van der Waals surface area contributed by atoms with E-state index in [9.17, 15) is 14.0 Å². The third-order valence-electron chi connectivity index (χ3n) is 2.37. The molecule has 0 saturated carbocycles. The molecule has 116 valence electrons. The van der Waals surface area contributed by atoms with Crippen LogP contribution in [0.4, 0.5) is 9.18 Å². The molecular weight excluding hydrogens is 277 g/mol. The standard InChI is InChI=1S/C15H20FNO4/c1-10(18)12-9-11(16)5-6-13(12)20-7-8-21-14(19)17-15(2,3)4/h5-6,9H,7-8H2,1-4H3,(H,17,19). The molecule has 0 heterocycles. The Morgan fingerprint density at radius 2 is 1.90 bits per heavy atom. The van der Waals surface area contributed by atoms with Crippen molar-refractivity contribution in [2.75, 3.05) is 13.2 Å². The Morgan fingerprint density at radius 1 is 1.24 bits per heavy atom. The van der Waals surface area contributed by atoms with Gasteiger partial charge in [-0.25, -0.2) is 9.18 Å². The van der Waals surface area contributed by atoms with Crippen LogP contribution in [0.5, 0.6) is 5.75 Å². The molecule has 21 heavy (non-hydrogen) atoms. The number of ketones is 1. The minimum absolute atomic E-state index is 0.0244. The number of alkyl carbamates (subject to hydrolysis) is 1. The fourth-order valence-electron chi connectivity index (χ4n) is 1.53. The average molecular weight is 297 g/mol. The maximum atomic E-state index is 13.1. The monoisotopic (exact) mass is 297 g/mol. The lowest BCUT2D eigenvalue weighted by Crippen LogP contribution is -2.41. The molecule has 0 unspecified atom stereocenters. The van der Waals surface area contributed by atoms with Crippen LogP contribution in [0.1, 0.15) is 38.1 Å². The third kappa shape index (κ3) is 6.25. The Hall–Kier alpha value is -2.11. The summed E-state index contributed by atoms with van der Waals surface area (Å²) in [6.45, 7) is 6.93. The highest BCUT2D eigenvalue weighted by molar-refractivity contribution is 5.96. The summed E-state index contributed by atoms with van der Waals surface area (Å²) in [7, 11) is 0. The van der Waals surface area contributed by atoms with Gasteiger partial charge < -0.3 is 14.8 Å². The highest BCUT2D eigenvalue weighted by atomic mass is 19.1. The highest BCUT2D eigenvalue weighted by Crippen LogP contribution is 2.20. The number of Topliss-reactive ketones (excluding diaryl/α,β-unsaturated/α-hetero) is 1. The molecule has 1 rings (SSSR count). The van der Waals surface area contributed by atoms with Gasteiger partial charge in [-0.2, -0.15) is 0 Å². The van der Waals surface area contributed by atoms with Crippen LogP contribution >= 0.6 is 0 Å². The first-order valence-electron chi connectivity index (χ1n) is 6.57. The van der Waals surface area contributed by atoms with Crippen LogP contribution in [0.15, 0.2) is 18.2 Å².